The first-order chi connectivity index (χ1) is 20.3. The molecule has 0 aliphatic carbocycles. The maximum Gasteiger partial charge on any atom is 2.00 e. The van der Waals surface area contributed by atoms with Gasteiger partial charge in [0.1, 0.15) is 0 Å². The standard InChI is InChI=1S/C36H40N6Si.Pt/c1-35(2,3)23-25-19-29(41-17-13-27-11-9-15-37-33(27)41)39-31(21-25)43(7,8)32-22-26(24-36(4,5)6)20-30(40-32)42-18-14-28-12-10-16-38-34(28)42;/h9-16,19-22H,23-24H2,1-8H3;/q-2;+2. The molecule has 6 aromatic heterocycles. The summed E-state index contributed by atoms with van der Waals surface area (Å²) in [4.78, 5) is 20.0. The van der Waals surface area contributed by atoms with Gasteiger partial charge in [0, 0.05) is 34.3 Å². The SMILES string of the molecule is CC(C)(C)Cc1cc(-n2[c-]cc3cccnc32)nc([Si](C)(C)c2cc(CC(C)(C)C)cc(-n3[c-]cc4cccnc43)n2)c1.[Pt+2]. The molecule has 0 bridgehead atoms. The number of hydrogen-bond acceptors (Lipinski definition) is 4. The first-order valence-electron chi connectivity index (χ1n) is 15.0. The molecule has 6 nitrogen and oxygen atoms in total. The Bertz CT molecular complexity index is 1800. The van der Waals surface area contributed by atoms with Crippen LogP contribution in [0, 0.1) is 23.2 Å². The monoisotopic (exact) mass is 779 g/mol. The van der Waals surface area contributed by atoms with Gasteiger partial charge < -0.3 is 9.13 Å². The Morgan fingerprint density at radius 1 is 0.659 bits per heavy atom. The van der Waals surface area contributed by atoms with Crippen molar-refractivity contribution in [2.24, 2.45) is 10.8 Å². The van der Waals surface area contributed by atoms with E-state index >= 15 is 0 Å². The van der Waals surface area contributed by atoms with Gasteiger partial charge in [-0.3, -0.25) is 19.9 Å². The fraction of sp³-hybridized carbons (Fsp3) is 0.333. The van der Waals surface area contributed by atoms with Crippen LogP contribution in [0.4, 0.5) is 0 Å². The van der Waals surface area contributed by atoms with Crippen LogP contribution < -0.4 is 10.6 Å². The molecule has 6 aromatic rings. The van der Waals surface area contributed by atoms with Crippen molar-refractivity contribution >= 4 is 40.8 Å². The van der Waals surface area contributed by atoms with Gasteiger partial charge in [-0.15, -0.1) is 24.3 Å². The van der Waals surface area contributed by atoms with E-state index in [1.165, 1.54) is 11.1 Å². The fourth-order valence-electron chi connectivity index (χ4n) is 5.73. The molecule has 0 saturated carbocycles. The largest absolute Gasteiger partial charge is 2.00 e. The van der Waals surface area contributed by atoms with Crippen molar-refractivity contribution in [1.82, 2.24) is 29.1 Å². The summed E-state index contributed by atoms with van der Waals surface area (Å²) in [7, 11) is -2.41. The maximum atomic E-state index is 5.34. The predicted molar refractivity (Wildman–Crippen MR) is 178 cm³/mol. The van der Waals surface area contributed by atoms with Gasteiger partial charge in [-0.05, 0) is 35.8 Å². The molecule has 0 aromatic carbocycles. The zero-order valence-corrected chi connectivity index (χ0v) is 30.1. The average Bonchev–Trinajstić information content (AvgIpc) is 3.55. The quantitative estimate of drug-likeness (QED) is 0.139. The van der Waals surface area contributed by atoms with Gasteiger partial charge in [0.05, 0.1) is 11.6 Å². The van der Waals surface area contributed by atoms with Crippen molar-refractivity contribution in [2.45, 2.75) is 67.5 Å². The van der Waals surface area contributed by atoms with Crippen LogP contribution in [0.5, 0.6) is 0 Å². The molecule has 44 heavy (non-hydrogen) atoms. The van der Waals surface area contributed by atoms with Crippen LogP contribution in [-0.4, -0.2) is 37.1 Å². The van der Waals surface area contributed by atoms with Crippen LogP contribution in [-0.2, 0) is 33.9 Å². The van der Waals surface area contributed by atoms with Crippen LogP contribution in [0.3, 0.4) is 0 Å². The van der Waals surface area contributed by atoms with Crippen LogP contribution in [0.15, 0.2) is 73.1 Å². The van der Waals surface area contributed by atoms with Gasteiger partial charge in [0.25, 0.3) is 0 Å². The molecule has 8 heteroatoms. The van der Waals surface area contributed by atoms with Crippen molar-refractivity contribution in [3.05, 3.63) is 96.6 Å². The Labute approximate surface area is 276 Å². The second-order valence-corrected chi connectivity index (χ2v) is 18.9. The van der Waals surface area contributed by atoms with E-state index in [4.69, 9.17) is 9.97 Å². The number of nitrogens with zero attached hydrogens (tertiary/aromatic N) is 6. The molecule has 0 saturated heterocycles. The minimum absolute atomic E-state index is 0. The van der Waals surface area contributed by atoms with Crippen LogP contribution in [0.2, 0.25) is 13.1 Å². The molecule has 0 radical (unpaired) electrons. The molecule has 0 atom stereocenters. The van der Waals surface area contributed by atoms with E-state index in [9.17, 15) is 0 Å². The van der Waals surface area contributed by atoms with Gasteiger partial charge in [-0.25, -0.2) is 0 Å². The third-order valence-corrected chi connectivity index (χ3v) is 10.8. The summed E-state index contributed by atoms with van der Waals surface area (Å²) >= 11 is 0. The molecule has 0 N–H and O–H groups in total. The third-order valence-electron chi connectivity index (χ3n) is 7.71. The molecule has 0 spiro atoms. The van der Waals surface area contributed by atoms with Crippen LogP contribution in [0.1, 0.15) is 52.7 Å². The molecular weight excluding hydrogens is 740 g/mol. The Hall–Kier alpha value is -3.41. The average molecular weight is 780 g/mol. The smallest absolute Gasteiger partial charge is 0.414 e. The van der Waals surface area contributed by atoms with E-state index < -0.39 is 8.07 Å². The first kappa shape index (κ1) is 32.0. The molecule has 0 aliphatic heterocycles. The molecule has 6 heterocycles. The first-order valence-corrected chi connectivity index (χ1v) is 18.0. The van der Waals surface area contributed by atoms with E-state index in [1.54, 1.807) is 0 Å². The van der Waals surface area contributed by atoms with Gasteiger partial charge in [0.2, 0.25) is 0 Å². The normalized spacial score (nSPS) is 12.5. The minimum Gasteiger partial charge on any atom is -0.414 e. The van der Waals surface area contributed by atoms with Gasteiger partial charge in [0.15, 0.2) is 8.07 Å². The predicted octanol–water partition coefficient (Wildman–Crippen LogP) is 6.75. The second kappa shape index (κ2) is 11.8. The topological polar surface area (TPSA) is 61.4 Å². The van der Waals surface area contributed by atoms with Crippen LogP contribution >= 0.6 is 0 Å². The number of fused-ring (bicyclic) bond motifs is 2. The van der Waals surface area contributed by atoms with Gasteiger partial charge >= 0.3 is 21.1 Å². The summed E-state index contributed by atoms with van der Waals surface area (Å²) in [5, 5.41) is 4.30. The zero-order chi connectivity index (χ0) is 30.6. The zero-order valence-electron chi connectivity index (χ0n) is 26.8. The molecule has 0 fully saturated rings. The fourth-order valence-corrected chi connectivity index (χ4v) is 7.87. The summed E-state index contributed by atoms with van der Waals surface area (Å²) in [6.45, 7) is 18.4. The van der Waals surface area contributed by atoms with Crippen molar-refractivity contribution < 1.29 is 21.1 Å². The second-order valence-electron chi connectivity index (χ2n) is 14.6. The van der Waals surface area contributed by atoms with E-state index in [0.29, 0.717) is 0 Å². The summed E-state index contributed by atoms with van der Waals surface area (Å²) in [6, 6.07) is 21.1. The van der Waals surface area contributed by atoms with Gasteiger partial charge in [-0.1, -0.05) is 113 Å². The number of aromatic nitrogens is 6. The number of hydrogen-bond donors (Lipinski definition) is 0. The summed E-state index contributed by atoms with van der Waals surface area (Å²) in [6.07, 6.45) is 12.3. The Kier molecular flexibility index (Phi) is 8.60. The van der Waals surface area contributed by atoms with E-state index in [0.717, 1.165) is 57.2 Å². The summed E-state index contributed by atoms with van der Waals surface area (Å²) in [5.74, 6) is 1.71. The van der Waals surface area contributed by atoms with Crippen molar-refractivity contribution in [3.63, 3.8) is 0 Å². The number of pyridine rings is 4. The van der Waals surface area contributed by atoms with Crippen molar-refractivity contribution in [2.75, 3.05) is 0 Å². The molecule has 228 valence electrons. The molecular formula is C36H40N6PtSi. The van der Waals surface area contributed by atoms with E-state index in [2.05, 4.69) is 113 Å². The Balaban J connectivity index is 0.00000384. The van der Waals surface area contributed by atoms with E-state index in [-0.39, 0.29) is 31.9 Å². The van der Waals surface area contributed by atoms with Crippen molar-refractivity contribution in [1.29, 1.82) is 0 Å². The molecule has 6 rings (SSSR count). The minimum atomic E-state index is -2.41. The molecule has 0 amide bonds. The summed E-state index contributed by atoms with van der Waals surface area (Å²) in [5.41, 5.74) is 4.50. The summed E-state index contributed by atoms with van der Waals surface area (Å²) < 4.78 is 3.99. The molecule has 0 unspecified atom stereocenters. The Morgan fingerprint density at radius 3 is 1.45 bits per heavy atom. The van der Waals surface area contributed by atoms with E-state index in [1.807, 2.05) is 45.8 Å². The molecule has 0 aliphatic rings. The van der Waals surface area contributed by atoms with Gasteiger partial charge in [-0.2, -0.15) is 0 Å². The maximum absolute atomic E-state index is 5.34. The third kappa shape index (κ3) is 6.64. The number of rotatable bonds is 6. The van der Waals surface area contributed by atoms with Crippen LogP contribution in [0.25, 0.3) is 33.7 Å². The Morgan fingerprint density at radius 2 is 1.07 bits per heavy atom. The van der Waals surface area contributed by atoms with Crippen molar-refractivity contribution in [3.8, 4) is 11.6 Å².